The zero-order valence-corrected chi connectivity index (χ0v) is 12.7. The van der Waals surface area contributed by atoms with Gasteiger partial charge in [0.2, 0.25) is 0 Å². The van der Waals surface area contributed by atoms with Crippen molar-refractivity contribution in [3.8, 4) is 0 Å². The maximum atomic E-state index is 10.6. The first kappa shape index (κ1) is 15.6. The van der Waals surface area contributed by atoms with Crippen molar-refractivity contribution in [1.82, 2.24) is 4.90 Å². The summed E-state index contributed by atoms with van der Waals surface area (Å²) in [4.78, 5) is 6.16. The van der Waals surface area contributed by atoms with Crippen LogP contribution in [0, 0.1) is 5.92 Å². The third kappa shape index (κ3) is 3.28. The molecule has 0 bridgehead atoms. The van der Waals surface area contributed by atoms with Crippen LogP contribution < -0.4 is 11.2 Å². The normalized spacial score (nSPS) is 25.3. The van der Waals surface area contributed by atoms with Gasteiger partial charge in [-0.2, -0.15) is 0 Å². The molecule has 6 nitrogen and oxygen atoms in total. The van der Waals surface area contributed by atoms with Crippen molar-refractivity contribution in [3.05, 3.63) is 29.8 Å². The Balaban J connectivity index is 2.16. The number of nitrogens with zero attached hydrogens (tertiary/aromatic N) is 2. The van der Waals surface area contributed by atoms with Crippen LogP contribution in [0.15, 0.2) is 29.3 Å². The average Bonchev–Trinajstić information content (AvgIpc) is 2.61. The number of nitrogens with one attached hydrogen (secondary N) is 1. The van der Waals surface area contributed by atoms with Crippen molar-refractivity contribution in [2.24, 2.45) is 16.6 Å². The molecule has 1 aliphatic heterocycles. The van der Waals surface area contributed by atoms with E-state index in [1.165, 1.54) is 0 Å². The zero-order chi connectivity index (χ0) is 15.6. The first-order valence-corrected chi connectivity index (χ1v) is 7.15. The van der Waals surface area contributed by atoms with E-state index in [9.17, 15) is 5.11 Å². The summed E-state index contributed by atoms with van der Waals surface area (Å²) < 4.78 is 0. The molecule has 0 fully saturated rings. The molecule has 5 N–H and O–H groups in total. The Morgan fingerprint density at radius 2 is 2.19 bits per heavy atom. The second kappa shape index (κ2) is 5.91. The Morgan fingerprint density at radius 3 is 2.81 bits per heavy atom. The minimum Gasteiger partial charge on any atom is -0.371 e. The quantitative estimate of drug-likeness (QED) is 0.620. The molecule has 1 aromatic rings. The number of hydrogen-bond acceptors (Lipinski definition) is 6. The van der Waals surface area contributed by atoms with Gasteiger partial charge in [0.25, 0.3) is 0 Å². The molecule has 2 rings (SSSR count). The lowest BCUT2D eigenvalue weighted by molar-refractivity contribution is 0.000224. The number of rotatable bonds is 5. The number of anilines is 1. The van der Waals surface area contributed by atoms with Gasteiger partial charge in [-0.1, -0.05) is 26.0 Å². The fourth-order valence-electron chi connectivity index (χ4n) is 2.93. The van der Waals surface area contributed by atoms with Gasteiger partial charge in [-0.15, -0.1) is 0 Å². The highest BCUT2D eigenvalue weighted by Crippen LogP contribution is 2.32. The van der Waals surface area contributed by atoms with E-state index >= 15 is 0 Å². The molecule has 0 spiro atoms. The number of hydrogen-bond donors (Lipinski definition) is 4. The Hall–Kier alpha value is -1.79. The molecular weight excluding hydrogens is 268 g/mol. The fourth-order valence-corrected chi connectivity index (χ4v) is 2.93. The smallest absolute Gasteiger partial charge is 0.194 e. The number of aliphatic imine (C=N–C) groups is 1. The molecule has 2 unspecified atom stereocenters. The summed E-state index contributed by atoms with van der Waals surface area (Å²) in [6.07, 6.45) is 0.0227. The highest BCUT2D eigenvalue weighted by Gasteiger charge is 2.43. The van der Waals surface area contributed by atoms with Gasteiger partial charge in [-0.3, -0.25) is 10.7 Å². The summed E-state index contributed by atoms with van der Waals surface area (Å²) in [5.41, 5.74) is 9.06. The molecule has 0 aliphatic carbocycles. The predicted molar refractivity (Wildman–Crippen MR) is 82.9 cm³/mol. The number of nitrogens with two attached hydrogens (primary N) is 1. The van der Waals surface area contributed by atoms with Crippen LogP contribution in [0.2, 0.25) is 0 Å². The molecule has 2 atom stereocenters. The van der Waals surface area contributed by atoms with Crippen molar-refractivity contribution in [1.29, 1.82) is 0 Å². The first-order chi connectivity index (χ1) is 9.85. The lowest BCUT2D eigenvalue weighted by Gasteiger charge is -2.32. The standard InChI is InChI=1S/C15H24N4O2/c1-10(2)8-15(3)13(20)19(14(16)17-15)9-11-5-4-6-12(7-11)18-21/h4-7,10,13,18,20-21H,8-9H2,1-3H3,(H2,16,17). The number of aliphatic hydroxyl groups is 1. The van der Waals surface area contributed by atoms with Gasteiger partial charge in [0.05, 0.1) is 5.69 Å². The van der Waals surface area contributed by atoms with Crippen LogP contribution >= 0.6 is 0 Å². The van der Waals surface area contributed by atoms with E-state index < -0.39 is 11.8 Å². The van der Waals surface area contributed by atoms with Gasteiger partial charge >= 0.3 is 0 Å². The molecule has 0 aromatic heterocycles. The summed E-state index contributed by atoms with van der Waals surface area (Å²) in [6.45, 7) is 6.57. The number of guanidine groups is 1. The fraction of sp³-hybridized carbons (Fsp3) is 0.533. The van der Waals surface area contributed by atoms with Gasteiger partial charge in [0.1, 0.15) is 5.54 Å². The van der Waals surface area contributed by atoms with Crippen LogP contribution in [0.5, 0.6) is 0 Å². The minimum atomic E-state index is -0.745. The highest BCUT2D eigenvalue weighted by atomic mass is 16.5. The molecule has 0 saturated heterocycles. The molecule has 0 amide bonds. The third-order valence-electron chi connectivity index (χ3n) is 3.75. The zero-order valence-electron chi connectivity index (χ0n) is 12.7. The Labute approximate surface area is 125 Å². The van der Waals surface area contributed by atoms with E-state index in [1.54, 1.807) is 17.0 Å². The molecule has 0 radical (unpaired) electrons. The Morgan fingerprint density at radius 1 is 1.48 bits per heavy atom. The number of benzene rings is 1. The van der Waals surface area contributed by atoms with E-state index in [0.717, 1.165) is 12.0 Å². The van der Waals surface area contributed by atoms with Crippen molar-refractivity contribution < 1.29 is 10.3 Å². The molecule has 1 heterocycles. The average molecular weight is 292 g/mol. The molecular formula is C15H24N4O2. The molecule has 0 saturated carbocycles. The summed E-state index contributed by atoms with van der Waals surface area (Å²) in [6, 6.07) is 7.30. The third-order valence-corrected chi connectivity index (χ3v) is 3.75. The second-order valence-corrected chi connectivity index (χ2v) is 6.24. The molecule has 1 aliphatic rings. The molecule has 6 heteroatoms. The first-order valence-electron chi connectivity index (χ1n) is 7.15. The van der Waals surface area contributed by atoms with E-state index in [0.29, 0.717) is 24.1 Å². The number of aliphatic hydroxyl groups excluding tert-OH is 1. The monoisotopic (exact) mass is 292 g/mol. The van der Waals surface area contributed by atoms with Crippen LogP contribution in [0.3, 0.4) is 0 Å². The second-order valence-electron chi connectivity index (χ2n) is 6.24. The molecule has 21 heavy (non-hydrogen) atoms. The van der Waals surface area contributed by atoms with E-state index in [4.69, 9.17) is 10.9 Å². The highest BCUT2D eigenvalue weighted by molar-refractivity contribution is 5.81. The van der Waals surface area contributed by atoms with Gasteiger partial charge in [-0.05, 0) is 37.0 Å². The van der Waals surface area contributed by atoms with Crippen molar-refractivity contribution in [3.63, 3.8) is 0 Å². The van der Waals surface area contributed by atoms with E-state index in [2.05, 4.69) is 24.3 Å². The topological polar surface area (TPSA) is 94.1 Å². The van der Waals surface area contributed by atoms with Crippen molar-refractivity contribution >= 4 is 11.6 Å². The minimum absolute atomic E-state index is 0.355. The largest absolute Gasteiger partial charge is 0.371 e. The van der Waals surface area contributed by atoms with E-state index in [1.807, 2.05) is 19.1 Å². The maximum Gasteiger partial charge on any atom is 0.194 e. The van der Waals surface area contributed by atoms with Crippen LogP contribution in [0.1, 0.15) is 32.8 Å². The van der Waals surface area contributed by atoms with Gasteiger partial charge in [0, 0.05) is 6.54 Å². The van der Waals surface area contributed by atoms with Gasteiger partial charge in [0.15, 0.2) is 12.2 Å². The van der Waals surface area contributed by atoms with Crippen LogP contribution in [0.25, 0.3) is 0 Å². The van der Waals surface area contributed by atoms with Crippen LogP contribution in [-0.4, -0.2) is 32.9 Å². The van der Waals surface area contributed by atoms with Crippen LogP contribution in [-0.2, 0) is 6.54 Å². The van der Waals surface area contributed by atoms with Gasteiger partial charge in [-0.25, -0.2) is 4.99 Å². The predicted octanol–water partition coefficient (Wildman–Crippen LogP) is 1.74. The Kier molecular flexibility index (Phi) is 4.39. The summed E-state index contributed by atoms with van der Waals surface area (Å²) in [5, 5.41) is 19.5. The van der Waals surface area contributed by atoms with Crippen LogP contribution in [0.4, 0.5) is 5.69 Å². The lowest BCUT2D eigenvalue weighted by atomic mass is 9.90. The lowest BCUT2D eigenvalue weighted by Crippen LogP contribution is -2.47. The SMILES string of the molecule is CC(C)CC1(C)N=C(N)N(Cc2cccc(NO)c2)C1O. The Bertz CT molecular complexity index is 532. The van der Waals surface area contributed by atoms with E-state index in [-0.39, 0.29) is 0 Å². The van der Waals surface area contributed by atoms with Crippen molar-refractivity contribution in [2.45, 2.75) is 45.5 Å². The van der Waals surface area contributed by atoms with Gasteiger partial charge < -0.3 is 15.7 Å². The summed E-state index contributed by atoms with van der Waals surface area (Å²) in [5.74, 6) is 0.774. The molecule has 1 aromatic carbocycles. The maximum absolute atomic E-state index is 10.6. The summed E-state index contributed by atoms with van der Waals surface area (Å²) in [7, 11) is 0. The molecule has 116 valence electrons. The van der Waals surface area contributed by atoms with Crippen molar-refractivity contribution in [2.75, 3.05) is 5.48 Å². The summed E-state index contributed by atoms with van der Waals surface area (Å²) >= 11 is 0.